The summed E-state index contributed by atoms with van der Waals surface area (Å²) < 4.78 is 12.4. The van der Waals surface area contributed by atoms with Crippen molar-refractivity contribution in [2.24, 2.45) is 0 Å². The number of aromatic nitrogens is 5. The maximum Gasteiger partial charge on any atom is 0.339 e. The second kappa shape index (κ2) is 8.79. The zero-order chi connectivity index (χ0) is 24.9. The van der Waals surface area contributed by atoms with Crippen molar-refractivity contribution < 1.29 is 14.3 Å². The van der Waals surface area contributed by atoms with Crippen LogP contribution in [0.5, 0.6) is 0 Å². The van der Waals surface area contributed by atoms with Crippen LogP contribution in [0, 0.1) is 0 Å². The minimum atomic E-state index is -0.369. The highest BCUT2D eigenvalue weighted by atomic mass is 32.1. The summed E-state index contributed by atoms with van der Waals surface area (Å²) in [5, 5.41) is 4.17. The summed E-state index contributed by atoms with van der Waals surface area (Å²) in [6, 6.07) is 6.23. The number of carbonyl (C=O) groups excluding carboxylic acids is 1. The Labute approximate surface area is 211 Å². The van der Waals surface area contributed by atoms with E-state index >= 15 is 0 Å². The van der Waals surface area contributed by atoms with Crippen LogP contribution >= 0.6 is 11.3 Å². The first kappa shape index (κ1) is 22.8. The number of hydrogen-bond acceptors (Lipinski definition) is 9. The fraction of sp³-hybridized carbons (Fsp3) is 0.346. The van der Waals surface area contributed by atoms with E-state index in [1.54, 1.807) is 6.33 Å². The molecule has 10 heteroatoms. The Morgan fingerprint density at radius 2 is 2.17 bits per heavy atom. The van der Waals surface area contributed by atoms with Crippen LogP contribution in [-0.4, -0.2) is 49.6 Å². The van der Waals surface area contributed by atoms with Crippen LogP contribution in [0.3, 0.4) is 0 Å². The molecule has 0 saturated heterocycles. The van der Waals surface area contributed by atoms with Crippen molar-refractivity contribution >= 4 is 54.6 Å². The number of nitrogens with zero attached hydrogens (tertiary/aromatic N) is 4. The fourth-order valence-corrected chi connectivity index (χ4v) is 5.85. The standard InChI is InChI=1S/C26H26N6O3S/c1-4-34-25(33)19-15-11-35-26(2,3)10-18(15)32-24-20(19)21-22(36-24)23(31-13-30-21)27-8-7-14-5-6-16-17(9-14)29-12-28-16/h5-6,9,12-13H,4,7-8,10-11H2,1-3H3,(H,28,29)(H,27,30,31). The third-order valence-electron chi connectivity index (χ3n) is 6.46. The summed E-state index contributed by atoms with van der Waals surface area (Å²) in [5.41, 5.74) is 5.70. The van der Waals surface area contributed by atoms with Gasteiger partial charge in [0, 0.05) is 18.5 Å². The van der Waals surface area contributed by atoms with Gasteiger partial charge >= 0.3 is 5.97 Å². The van der Waals surface area contributed by atoms with Crippen LogP contribution in [0.1, 0.15) is 48.0 Å². The summed E-state index contributed by atoms with van der Waals surface area (Å²) in [7, 11) is 0. The third kappa shape index (κ3) is 3.96. The molecule has 0 bridgehead atoms. The predicted octanol–water partition coefficient (Wildman–Crippen LogP) is 4.80. The Hall–Kier alpha value is -3.63. The zero-order valence-corrected chi connectivity index (χ0v) is 21.2. The van der Waals surface area contributed by atoms with Crippen LogP contribution in [0.25, 0.3) is 31.5 Å². The van der Waals surface area contributed by atoms with Crippen LogP contribution in [-0.2, 0) is 28.9 Å². The van der Waals surface area contributed by atoms with Crippen molar-refractivity contribution in [1.29, 1.82) is 0 Å². The number of pyridine rings is 1. The maximum atomic E-state index is 13.2. The number of H-pyrrole nitrogens is 1. The number of imidazole rings is 1. The van der Waals surface area contributed by atoms with E-state index in [0.717, 1.165) is 44.1 Å². The molecular weight excluding hydrogens is 476 g/mol. The number of benzene rings is 1. The molecule has 0 spiro atoms. The Kier molecular flexibility index (Phi) is 5.57. The van der Waals surface area contributed by atoms with Gasteiger partial charge in [0.2, 0.25) is 0 Å². The molecule has 5 aromatic rings. The second-order valence-electron chi connectivity index (χ2n) is 9.47. The fourth-order valence-electron chi connectivity index (χ4n) is 4.72. The number of ether oxygens (including phenoxy) is 2. The van der Waals surface area contributed by atoms with Gasteiger partial charge in [0.05, 0.1) is 63.0 Å². The van der Waals surface area contributed by atoms with Gasteiger partial charge in [0.25, 0.3) is 0 Å². The van der Waals surface area contributed by atoms with Crippen molar-refractivity contribution in [1.82, 2.24) is 24.9 Å². The van der Waals surface area contributed by atoms with E-state index in [9.17, 15) is 4.79 Å². The molecule has 9 nitrogen and oxygen atoms in total. The molecule has 0 atom stereocenters. The largest absolute Gasteiger partial charge is 0.462 e. The number of esters is 1. The molecule has 0 saturated carbocycles. The number of thiophene rings is 1. The monoisotopic (exact) mass is 502 g/mol. The molecular formula is C26H26N6O3S. The van der Waals surface area contributed by atoms with Gasteiger partial charge in [-0.3, -0.25) is 0 Å². The molecule has 2 N–H and O–H groups in total. The summed E-state index contributed by atoms with van der Waals surface area (Å²) in [4.78, 5) is 35.4. The number of nitrogens with one attached hydrogen (secondary N) is 2. The van der Waals surface area contributed by atoms with Crippen molar-refractivity contribution in [3.8, 4) is 0 Å². The van der Waals surface area contributed by atoms with E-state index in [2.05, 4.69) is 37.4 Å². The van der Waals surface area contributed by atoms with Gasteiger partial charge in [0.15, 0.2) is 0 Å². The topological polar surface area (TPSA) is 115 Å². The summed E-state index contributed by atoms with van der Waals surface area (Å²) in [5.74, 6) is 0.360. The smallest absolute Gasteiger partial charge is 0.339 e. The molecule has 0 amide bonds. The van der Waals surface area contributed by atoms with E-state index in [4.69, 9.17) is 14.5 Å². The van der Waals surface area contributed by atoms with Crippen LogP contribution < -0.4 is 5.32 Å². The first-order valence-corrected chi connectivity index (χ1v) is 12.8. The molecule has 5 heterocycles. The number of anilines is 1. The Balaban J connectivity index is 1.38. The molecule has 0 aliphatic carbocycles. The Bertz CT molecular complexity index is 1620. The number of aromatic amines is 1. The van der Waals surface area contributed by atoms with Gasteiger partial charge in [-0.2, -0.15) is 0 Å². The average Bonchev–Trinajstić information content (AvgIpc) is 3.46. The number of rotatable bonds is 6. The number of fused-ring (bicyclic) bond motifs is 5. The minimum absolute atomic E-state index is 0.289. The first-order valence-electron chi connectivity index (χ1n) is 12.0. The van der Waals surface area contributed by atoms with E-state index < -0.39 is 0 Å². The van der Waals surface area contributed by atoms with Gasteiger partial charge in [-0.05, 0) is 44.9 Å². The predicted molar refractivity (Wildman–Crippen MR) is 140 cm³/mol. The highest BCUT2D eigenvalue weighted by molar-refractivity contribution is 7.26. The molecule has 36 heavy (non-hydrogen) atoms. The highest BCUT2D eigenvalue weighted by Gasteiger charge is 2.33. The lowest BCUT2D eigenvalue weighted by Crippen LogP contribution is -2.33. The van der Waals surface area contributed by atoms with Gasteiger partial charge in [-0.15, -0.1) is 11.3 Å². The van der Waals surface area contributed by atoms with Gasteiger partial charge < -0.3 is 19.8 Å². The number of hydrogen-bond donors (Lipinski definition) is 2. The van der Waals surface area contributed by atoms with Crippen molar-refractivity contribution in [3.63, 3.8) is 0 Å². The van der Waals surface area contributed by atoms with E-state index in [0.29, 0.717) is 36.0 Å². The first-order chi connectivity index (χ1) is 17.4. The second-order valence-corrected chi connectivity index (χ2v) is 10.5. The van der Waals surface area contributed by atoms with Crippen molar-refractivity contribution in [3.05, 3.63) is 53.2 Å². The molecule has 184 valence electrons. The third-order valence-corrected chi connectivity index (χ3v) is 7.54. The van der Waals surface area contributed by atoms with E-state index in [-0.39, 0.29) is 18.2 Å². The lowest BCUT2D eigenvalue weighted by Gasteiger charge is -2.32. The summed E-state index contributed by atoms with van der Waals surface area (Å²) in [6.07, 6.45) is 4.66. The lowest BCUT2D eigenvalue weighted by atomic mass is 9.92. The average molecular weight is 503 g/mol. The molecule has 0 fully saturated rings. The molecule has 4 aromatic heterocycles. The maximum absolute atomic E-state index is 13.2. The SMILES string of the molecule is CCOC(=O)c1c2c(nc3sc4c(NCCc5ccc6[nH]cnc6c5)ncnc4c13)CC(C)(C)OC2. The molecule has 1 aliphatic rings. The van der Waals surface area contributed by atoms with Crippen molar-refractivity contribution in [2.45, 2.75) is 45.8 Å². The molecule has 1 aliphatic heterocycles. The minimum Gasteiger partial charge on any atom is -0.462 e. The zero-order valence-electron chi connectivity index (χ0n) is 20.3. The Morgan fingerprint density at radius 1 is 1.28 bits per heavy atom. The molecule has 1 aromatic carbocycles. The summed E-state index contributed by atoms with van der Waals surface area (Å²) >= 11 is 1.50. The van der Waals surface area contributed by atoms with Gasteiger partial charge in [0.1, 0.15) is 17.0 Å². The Morgan fingerprint density at radius 3 is 3.03 bits per heavy atom. The van der Waals surface area contributed by atoms with Gasteiger partial charge in [-0.25, -0.2) is 24.7 Å². The highest BCUT2D eigenvalue weighted by Crippen LogP contribution is 2.41. The van der Waals surface area contributed by atoms with Crippen molar-refractivity contribution in [2.75, 3.05) is 18.5 Å². The normalized spacial score (nSPS) is 14.9. The van der Waals surface area contributed by atoms with Gasteiger partial charge in [-0.1, -0.05) is 6.07 Å². The number of carbonyl (C=O) groups is 1. The van der Waals surface area contributed by atoms with E-state index in [1.165, 1.54) is 23.2 Å². The molecule has 0 radical (unpaired) electrons. The van der Waals surface area contributed by atoms with Crippen LogP contribution in [0.15, 0.2) is 30.9 Å². The lowest BCUT2D eigenvalue weighted by molar-refractivity contribution is -0.0416. The van der Waals surface area contributed by atoms with Crippen LogP contribution in [0.4, 0.5) is 5.82 Å². The quantitative estimate of drug-likeness (QED) is 0.318. The molecule has 0 unspecified atom stereocenters. The molecule has 6 rings (SSSR count). The summed E-state index contributed by atoms with van der Waals surface area (Å²) in [6.45, 7) is 7.17. The van der Waals surface area contributed by atoms with E-state index in [1.807, 2.05) is 26.8 Å². The van der Waals surface area contributed by atoms with Crippen LogP contribution in [0.2, 0.25) is 0 Å².